The molecule has 0 radical (unpaired) electrons. The summed E-state index contributed by atoms with van der Waals surface area (Å²) in [6.45, 7) is 0. The van der Waals surface area contributed by atoms with Crippen molar-refractivity contribution >= 4 is 12.0 Å². The van der Waals surface area contributed by atoms with Crippen LogP contribution in [0.15, 0.2) is 29.3 Å². The molecule has 0 spiro atoms. The van der Waals surface area contributed by atoms with E-state index >= 15 is 0 Å². The fraction of sp³-hybridized carbons (Fsp3) is 0.333. The Morgan fingerprint density at radius 2 is 2.24 bits per heavy atom. The first-order valence-electron chi connectivity index (χ1n) is 4.99. The van der Waals surface area contributed by atoms with Gasteiger partial charge in [-0.2, -0.15) is 4.99 Å². The normalized spacial score (nSPS) is 11.2. The second kappa shape index (κ2) is 6.45. The number of esters is 1. The summed E-state index contributed by atoms with van der Waals surface area (Å²) in [7, 11) is 2.83. The van der Waals surface area contributed by atoms with Crippen molar-refractivity contribution in [2.24, 2.45) is 4.99 Å². The summed E-state index contributed by atoms with van der Waals surface area (Å²) in [6, 6.07) is 6.42. The third-order valence-electron chi connectivity index (χ3n) is 2.27. The molecule has 0 aliphatic carbocycles. The summed E-state index contributed by atoms with van der Waals surface area (Å²) in [5.74, 6) is 0.204. The Bertz CT molecular complexity index is 438. The molecule has 1 aromatic rings. The second-order valence-electron chi connectivity index (χ2n) is 3.29. The zero-order chi connectivity index (χ0) is 12.7. The molecule has 90 valence electrons. The van der Waals surface area contributed by atoms with Crippen molar-refractivity contribution in [1.29, 1.82) is 0 Å². The smallest absolute Gasteiger partial charge is 0.308 e. The number of hydrogen-bond donors (Lipinski definition) is 0. The largest absolute Gasteiger partial charge is 0.497 e. The SMILES string of the molecule is COC(=O)CC(N=C=O)c1cccc(OC)c1. The molecule has 0 N–H and O–H groups in total. The van der Waals surface area contributed by atoms with Crippen molar-refractivity contribution in [1.82, 2.24) is 0 Å². The number of hydrogen-bond acceptors (Lipinski definition) is 5. The molecular weight excluding hydrogens is 222 g/mol. The molecular formula is C12H13NO4. The van der Waals surface area contributed by atoms with Gasteiger partial charge in [-0.05, 0) is 17.7 Å². The number of aliphatic imine (C=N–C) groups is 1. The number of methoxy groups -OCH3 is 2. The summed E-state index contributed by atoms with van der Waals surface area (Å²) in [6.07, 6.45) is 1.46. The molecule has 17 heavy (non-hydrogen) atoms. The third kappa shape index (κ3) is 3.74. The van der Waals surface area contributed by atoms with Crippen molar-refractivity contribution < 1.29 is 19.1 Å². The Hall–Kier alpha value is -2.13. The topological polar surface area (TPSA) is 65.0 Å². The lowest BCUT2D eigenvalue weighted by molar-refractivity contribution is -0.141. The highest BCUT2D eigenvalue weighted by molar-refractivity contribution is 5.70. The van der Waals surface area contributed by atoms with Gasteiger partial charge in [0.1, 0.15) is 5.75 Å². The van der Waals surface area contributed by atoms with Crippen LogP contribution in [0.1, 0.15) is 18.0 Å². The van der Waals surface area contributed by atoms with Crippen LogP contribution >= 0.6 is 0 Å². The Morgan fingerprint density at radius 3 is 2.82 bits per heavy atom. The maximum absolute atomic E-state index is 11.2. The highest BCUT2D eigenvalue weighted by Gasteiger charge is 2.16. The number of carbonyl (C=O) groups excluding carboxylic acids is 2. The molecule has 0 saturated carbocycles. The average Bonchev–Trinajstić information content (AvgIpc) is 2.38. The lowest BCUT2D eigenvalue weighted by Gasteiger charge is -2.10. The minimum absolute atomic E-state index is 0.00108. The molecule has 5 heteroatoms. The van der Waals surface area contributed by atoms with Crippen molar-refractivity contribution in [2.45, 2.75) is 12.5 Å². The molecule has 0 heterocycles. The fourth-order valence-electron chi connectivity index (χ4n) is 1.39. The van der Waals surface area contributed by atoms with Gasteiger partial charge in [-0.25, -0.2) is 4.79 Å². The van der Waals surface area contributed by atoms with Gasteiger partial charge in [0, 0.05) is 0 Å². The van der Waals surface area contributed by atoms with Crippen LogP contribution in [0, 0.1) is 0 Å². The average molecular weight is 235 g/mol. The van der Waals surface area contributed by atoms with E-state index in [2.05, 4.69) is 9.73 Å². The van der Waals surface area contributed by atoms with Gasteiger partial charge in [0.2, 0.25) is 6.08 Å². The van der Waals surface area contributed by atoms with Crippen LogP contribution in [0.4, 0.5) is 0 Å². The van der Waals surface area contributed by atoms with E-state index in [1.54, 1.807) is 24.3 Å². The minimum atomic E-state index is -0.588. The molecule has 0 aliphatic rings. The highest BCUT2D eigenvalue weighted by Crippen LogP contribution is 2.24. The van der Waals surface area contributed by atoms with Gasteiger partial charge in [-0.15, -0.1) is 0 Å². The molecule has 1 aromatic carbocycles. The van der Waals surface area contributed by atoms with Gasteiger partial charge in [-0.1, -0.05) is 12.1 Å². The number of carbonyl (C=O) groups is 1. The van der Waals surface area contributed by atoms with E-state index in [0.717, 1.165) is 0 Å². The van der Waals surface area contributed by atoms with Crippen LogP contribution in [0.5, 0.6) is 5.75 Å². The minimum Gasteiger partial charge on any atom is -0.497 e. The predicted octanol–water partition coefficient (Wildman–Crippen LogP) is 1.64. The van der Waals surface area contributed by atoms with Gasteiger partial charge >= 0.3 is 5.97 Å². The molecule has 1 rings (SSSR count). The summed E-state index contributed by atoms with van der Waals surface area (Å²) in [4.78, 5) is 25.1. The molecule has 0 amide bonds. The zero-order valence-electron chi connectivity index (χ0n) is 9.67. The van der Waals surface area contributed by atoms with E-state index in [0.29, 0.717) is 11.3 Å². The standard InChI is InChI=1S/C12H13NO4/c1-16-10-5-3-4-9(6-10)11(13-8-14)7-12(15)17-2/h3-6,11H,7H2,1-2H3. The van der Waals surface area contributed by atoms with E-state index in [1.807, 2.05) is 0 Å². The molecule has 5 nitrogen and oxygen atoms in total. The van der Waals surface area contributed by atoms with Gasteiger partial charge in [0.05, 0.1) is 26.7 Å². The summed E-state index contributed by atoms with van der Waals surface area (Å²) in [5.41, 5.74) is 0.707. The van der Waals surface area contributed by atoms with Crippen LogP contribution in [0.25, 0.3) is 0 Å². The fourth-order valence-corrected chi connectivity index (χ4v) is 1.39. The molecule has 0 fully saturated rings. The second-order valence-corrected chi connectivity index (χ2v) is 3.29. The summed E-state index contributed by atoms with van der Waals surface area (Å²) in [5, 5.41) is 0. The van der Waals surface area contributed by atoms with E-state index in [9.17, 15) is 9.59 Å². The Balaban J connectivity index is 2.96. The maximum Gasteiger partial charge on any atom is 0.308 e. The first-order chi connectivity index (χ1) is 8.21. The van der Waals surface area contributed by atoms with Crippen LogP contribution in [-0.2, 0) is 14.3 Å². The lowest BCUT2D eigenvalue weighted by Crippen LogP contribution is -2.07. The van der Waals surface area contributed by atoms with Gasteiger partial charge < -0.3 is 9.47 Å². The molecule has 0 aromatic heterocycles. The number of rotatable bonds is 5. The van der Waals surface area contributed by atoms with Crippen LogP contribution in [0.3, 0.4) is 0 Å². The van der Waals surface area contributed by atoms with Crippen LogP contribution in [-0.4, -0.2) is 26.3 Å². The Labute approximate surface area is 99.1 Å². The number of isocyanates is 1. The number of ether oxygens (including phenoxy) is 2. The molecule has 0 bridgehead atoms. The molecule has 1 atom stereocenters. The van der Waals surface area contributed by atoms with Gasteiger partial charge in [0.15, 0.2) is 0 Å². The quantitative estimate of drug-likeness (QED) is 0.442. The molecule has 0 saturated heterocycles. The van der Waals surface area contributed by atoms with E-state index in [-0.39, 0.29) is 6.42 Å². The lowest BCUT2D eigenvalue weighted by atomic mass is 10.0. The monoisotopic (exact) mass is 235 g/mol. The maximum atomic E-state index is 11.2. The van der Waals surface area contributed by atoms with Crippen LogP contribution in [0.2, 0.25) is 0 Å². The van der Waals surface area contributed by atoms with Gasteiger partial charge in [-0.3, -0.25) is 4.79 Å². The molecule has 0 aliphatic heterocycles. The summed E-state index contributed by atoms with van der Waals surface area (Å²) < 4.78 is 9.60. The number of nitrogens with zero attached hydrogens (tertiary/aromatic N) is 1. The highest BCUT2D eigenvalue weighted by atomic mass is 16.5. The Morgan fingerprint density at radius 1 is 1.47 bits per heavy atom. The van der Waals surface area contributed by atoms with Crippen molar-refractivity contribution in [3.8, 4) is 5.75 Å². The van der Waals surface area contributed by atoms with Crippen LogP contribution < -0.4 is 4.74 Å². The van der Waals surface area contributed by atoms with E-state index in [1.165, 1.54) is 20.3 Å². The third-order valence-corrected chi connectivity index (χ3v) is 2.27. The summed E-state index contributed by atoms with van der Waals surface area (Å²) >= 11 is 0. The van der Waals surface area contributed by atoms with E-state index < -0.39 is 12.0 Å². The molecule has 1 unspecified atom stereocenters. The van der Waals surface area contributed by atoms with Crippen molar-refractivity contribution in [3.05, 3.63) is 29.8 Å². The Kier molecular flexibility index (Phi) is 4.91. The zero-order valence-corrected chi connectivity index (χ0v) is 9.67. The first kappa shape index (κ1) is 12.9. The van der Waals surface area contributed by atoms with Crippen molar-refractivity contribution in [2.75, 3.05) is 14.2 Å². The van der Waals surface area contributed by atoms with Gasteiger partial charge in [0.25, 0.3) is 0 Å². The van der Waals surface area contributed by atoms with Crippen molar-refractivity contribution in [3.63, 3.8) is 0 Å². The predicted molar refractivity (Wildman–Crippen MR) is 60.5 cm³/mol. The first-order valence-corrected chi connectivity index (χ1v) is 4.99. The number of benzene rings is 1. The van der Waals surface area contributed by atoms with E-state index in [4.69, 9.17) is 4.74 Å².